The molecular formula is C13H18N2O3. The van der Waals surface area contributed by atoms with Gasteiger partial charge in [-0.25, -0.2) is 0 Å². The largest absolute Gasteiger partial charge is 0.392 e. The van der Waals surface area contributed by atoms with E-state index in [9.17, 15) is 9.59 Å². The Hall–Kier alpha value is -1.88. The Kier molecular flexibility index (Phi) is 5.87. The number of nitrogens with one attached hydrogen (secondary N) is 2. The predicted molar refractivity (Wildman–Crippen MR) is 67.5 cm³/mol. The summed E-state index contributed by atoms with van der Waals surface area (Å²) in [4.78, 5) is 22.4. The molecule has 0 unspecified atom stereocenters. The molecular weight excluding hydrogens is 232 g/mol. The Labute approximate surface area is 106 Å². The van der Waals surface area contributed by atoms with Crippen molar-refractivity contribution in [3.05, 3.63) is 35.4 Å². The number of amides is 2. The van der Waals surface area contributed by atoms with Crippen molar-refractivity contribution in [1.29, 1.82) is 0 Å². The second kappa shape index (κ2) is 7.45. The quantitative estimate of drug-likeness (QED) is 0.680. The summed E-state index contributed by atoms with van der Waals surface area (Å²) in [5.41, 5.74) is 1.66. The van der Waals surface area contributed by atoms with Crippen molar-refractivity contribution in [1.82, 2.24) is 10.6 Å². The molecule has 1 aromatic carbocycles. The molecule has 0 saturated heterocycles. The molecule has 0 radical (unpaired) electrons. The van der Waals surface area contributed by atoms with E-state index in [2.05, 4.69) is 10.6 Å². The molecule has 1 aromatic rings. The van der Waals surface area contributed by atoms with Gasteiger partial charge in [-0.1, -0.05) is 31.2 Å². The number of aliphatic hydroxyl groups is 1. The summed E-state index contributed by atoms with van der Waals surface area (Å²) in [5.74, 6) is -0.398. The molecule has 98 valence electrons. The third-order valence-electron chi connectivity index (χ3n) is 2.53. The van der Waals surface area contributed by atoms with E-state index < -0.39 is 0 Å². The zero-order valence-corrected chi connectivity index (χ0v) is 10.4. The van der Waals surface area contributed by atoms with Gasteiger partial charge < -0.3 is 15.7 Å². The molecule has 5 heteroatoms. The lowest BCUT2D eigenvalue weighted by atomic mass is 10.1. The van der Waals surface area contributed by atoms with Crippen molar-refractivity contribution < 1.29 is 14.7 Å². The smallest absolute Gasteiger partial charge is 0.239 e. The van der Waals surface area contributed by atoms with Crippen LogP contribution in [0.5, 0.6) is 0 Å². The third-order valence-corrected chi connectivity index (χ3v) is 2.53. The summed E-state index contributed by atoms with van der Waals surface area (Å²) in [6.45, 7) is 1.99. The first-order chi connectivity index (χ1) is 8.67. The maximum atomic E-state index is 11.4. The maximum absolute atomic E-state index is 11.4. The summed E-state index contributed by atoms with van der Waals surface area (Å²) in [5, 5.41) is 14.3. The van der Waals surface area contributed by atoms with E-state index in [-0.39, 0.29) is 25.0 Å². The predicted octanol–water partition coefficient (Wildman–Crippen LogP) is 0.321. The van der Waals surface area contributed by atoms with E-state index in [1.165, 1.54) is 0 Å². The van der Waals surface area contributed by atoms with E-state index in [4.69, 9.17) is 5.11 Å². The van der Waals surface area contributed by atoms with Crippen molar-refractivity contribution in [3.63, 3.8) is 0 Å². The standard InChI is InChI=1S/C13H18N2O3/c1-2-12(17)15-8-13(18)14-7-10-5-3-4-6-11(10)9-16/h3-6,16H,2,7-9H2,1H3,(H,14,18)(H,15,17). The lowest BCUT2D eigenvalue weighted by Crippen LogP contribution is -2.36. The molecule has 0 spiro atoms. The van der Waals surface area contributed by atoms with Crippen LogP contribution in [0.3, 0.4) is 0 Å². The number of carbonyl (C=O) groups is 2. The van der Waals surface area contributed by atoms with Crippen molar-refractivity contribution in [2.75, 3.05) is 6.54 Å². The van der Waals surface area contributed by atoms with Crippen LogP contribution in [-0.4, -0.2) is 23.5 Å². The van der Waals surface area contributed by atoms with Crippen molar-refractivity contribution in [2.45, 2.75) is 26.5 Å². The van der Waals surface area contributed by atoms with E-state index >= 15 is 0 Å². The van der Waals surface area contributed by atoms with Crippen LogP contribution in [0.2, 0.25) is 0 Å². The van der Waals surface area contributed by atoms with E-state index in [1.54, 1.807) is 13.0 Å². The van der Waals surface area contributed by atoms with Crippen LogP contribution in [-0.2, 0) is 22.7 Å². The van der Waals surface area contributed by atoms with E-state index in [0.29, 0.717) is 13.0 Å². The molecule has 0 saturated carbocycles. The summed E-state index contributed by atoms with van der Waals surface area (Å²) in [7, 11) is 0. The highest BCUT2D eigenvalue weighted by atomic mass is 16.3. The summed E-state index contributed by atoms with van der Waals surface area (Å²) in [6.07, 6.45) is 0.362. The second-order valence-corrected chi connectivity index (χ2v) is 3.83. The summed E-state index contributed by atoms with van der Waals surface area (Å²) in [6, 6.07) is 7.33. The van der Waals surface area contributed by atoms with Gasteiger partial charge in [-0.05, 0) is 11.1 Å². The number of hydrogen-bond donors (Lipinski definition) is 3. The molecule has 0 fully saturated rings. The normalized spacial score (nSPS) is 9.89. The molecule has 3 N–H and O–H groups in total. The van der Waals surface area contributed by atoms with E-state index in [0.717, 1.165) is 11.1 Å². The highest BCUT2D eigenvalue weighted by Gasteiger charge is 2.05. The van der Waals surface area contributed by atoms with Gasteiger partial charge in [-0.2, -0.15) is 0 Å². The fourth-order valence-corrected chi connectivity index (χ4v) is 1.44. The lowest BCUT2D eigenvalue weighted by molar-refractivity contribution is -0.126. The van der Waals surface area contributed by atoms with E-state index in [1.807, 2.05) is 18.2 Å². The van der Waals surface area contributed by atoms with Gasteiger partial charge in [0.15, 0.2) is 0 Å². The van der Waals surface area contributed by atoms with Gasteiger partial charge in [0, 0.05) is 13.0 Å². The lowest BCUT2D eigenvalue weighted by Gasteiger charge is -2.09. The SMILES string of the molecule is CCC(=O)NCC(=O)NCc1ccccc1CO. The van der Waals surface area contributed by atoms with Crippen LogP contribution in [0.25, 0.3) is 0 Å². The molecule has 0 atom stereocenters. The molecule has 1 rings (SSSR count). The van der Waals surface area contributed by atoms with Gasteiger partial charge in [0.2, 0.25) is 11.8 Å². The number of hydrogen-bond acceptors (Lipinski definition) is 3. The van der Waals surface area contributed by atoms with Crippen LogP contribution in [0.4, 0.5) is 0 Å². The minimum atomic E-state index is -0.246. The summed E-state index contributed by atoms with van der Waals surface area (Å²) < 4.78 is 0. The van der Waals surface area contributed by atoms with Crippen LogP contribution in [0.15, 0.2) is 24.3 Å². The average Bonchev–Trinajstić information content (AvgIpc) is 2.42. The topological polar surface area (TPSA) is 78.4 Å². The number of benzene rings is 1. The molecule has 2 amide bonds. The second-order valence-electron chi connectivity index (χ2n) is 3.83. The zero-order chi connectivity index (χ0) is 13.4. The van der Waals surface area contributed by atoms with Gasteiger partial charge in [-0.15, -0.1) is 0 Å². The number of aliphatic hydroxyl groups excluding tert-OH is 1. The number of rotatable bonds is 6. The number of carbonyl (C=O) groups excluding carboxylic acids is 2. The first kappa shape index (κ1) is 14.2. The fourth-order valence-electron chi connectivity index (χ4n) is 1.44. The molecule has 0 aliphatic heterocycles. The summed E-state index contributed by atoms with van der Waals surface area (Å²) >= 11 is 0. The molecule has 5 nitrogen and oxygen atoms in total. The Bertz CT molecular complexity index is 418. The minimum Gasteiger partial charge on any atom is -0.392 e. The first-order valence-electron chi connectivity index (χ1n) is 5.88. The zero-order valence-electron chi connectivity index (χ0n) is 10.4. The van der Waals surface area contributed by atoms with Crippen LogP contribution in [0, 0.1) is 0 Å². The maximum Gasteiger partial charge on any atom is 0.239 e. The minimum absolute atomic E-state index is 0.0199. The average molecular weight is 250 g/mol. The van der Waals surface area contributed by atoms with Crippen molar-refractivity contribution in [3.8, 4) is 0 Å². The molecule has 0 aliphatic rings. The molecule has 0 aliphatic carbocycles. The van der Waals surface area contributed by atoms with Crippen LogP contribution in [0.1, 0.15) is 24.5 Å². The van der Waals surface area contributed by atoms with Crippen LogP contribution < -0.4 is 10.6 Å². The molecule has 0 aromatic heterocycles. The Morgan fingerprint density at radius 1 is 1.11 bits per heavy atom. The van der Waals surface area contributed by atoms with Gasteiger partial charge in [0.1, 0.15) is 0 Å². The fraction of sp³-hybridized carbons (Fsp3) is 0.385. The highest BCUT2D eigenvalue weighted by molar-refractivity contribution is 5.84. The monoisotopic (exact) mass is 250 g/mol. The van der Waals surface area contributed by atoms with Crippen molar-refractivity contribution >= 4 is 11.8 Å². The third kappa shape index (κ3) is 4.55. The van der Waals surface area contributed by atoms with Crippen molar-refractivity contribution in [2.24, 2.45) is 0 Å². The van der Waals surface area contributed by atoms with Gasteiger partial charge >= 0.3 is 0 Å². The Morgan fingerprint density at radius 2 is 1.78 bits per heavy atom. The first-order valence-corrected chi connectivity index (χ1v) is 5.88. The van der Waals surface area contributed by atoms with Gasteiger partial charge in [0.25, 0.3) is 0 Å². The Balaban J connectivity index is 2.40. The molecule has 0 bridgehead atoms. The Morgan fingerprint density at radius 3 is 2.39 bits per heavy atom. The van der Waals surface area contributed by atoms with Gasteiger partial charge in [-0.3, -0.25) is 9.59 Å². The van der Waals surface area contributed by atoms with Crippen LogP contribution >= 0.6 is 0 Å². The molecule has 18 heavy (non-hydrogen) atoms. The highest BCUT2D eigenvalue weighted by Crippen LogP contribution is 2.07. The molecule has 0 heterocycles. The van der Waals surface area contributed by atoms with Gasteiger partial charge in [0.05, 0.1) is 13.2 Å².